The Labute approximate surface area is 134 Å². The average Bonchev–Trinajstić information content (AvgIpc) is 2.83. The van der Waals surface area contributed by atoms with Gasteiger partial charge in [-0.05, 0) is 41.4 Å². The fourth-order valence-corrected chi connectivity index (χ4v) is 2.50. The molecule has 0 aliphatic heterocycles. The number of nitrogens with one attached hydrogen (secondary N) is 1. The van der Waals surface area contributed by atoms with E-state index in [4.69, 9.17) is 9.26 Å². The third-order valence-electron chi connectivity index (χ3n) is 2.95. The van der Waals surface area contributed by atoms with Gasteiger partial charge in [-0.2, -0.15) is 0 Å². The van der Waals surface area contributed by atoms with Crippen LogP contribution in [0.15, 0.2) is 33.3 Å². The van der Waals surface area contributed by atoms with Gasteiger partial charge in [0.25, 0.3) is 0 Å². The minimum Gasteiger partial charge on any atom is -0.484 e. The Kier molecular flexibility index (Phi) is 5.82. The molecule has 1 N–H and O–H groups in total. The predicted octanol–water partition coefficient (Wildman–Crippen LogP) is 4.07. The number of nitrogens with zero attached hydrogens (tertiary/aromatic N) is 1. The Hall–Kier alpha value is -1.33. The van der Waals surface area contributed by atoms with E-state index in [-0.39, 0.29) is 0 Å². The molecule has 4 nitrogen and oxygen atoms in total. The van der Waals surface area contributed by atoms with Crippen LogP contribution in [0.2, 0.25) is 0 Å². The molecule has 0 saturated heterocycles. The molecule has 1 aromatic carbocycles. The summed E-state index contributed by atoms with van der Waals surface area (Å²) >= 11 is 3.55. The van der Waals surface area contributed by atoms with Crippen molar-refractivity contribution in [3.63, 3.8) is 0 Å². The maximum Gasteiger partial charge on any atom is 0.174 e. The highest BCUT2D eigenvalue weighted by atomic mass is 79.9. The Morgan fingerprint density at radius 1 is 1.38 bits per heavy atom. The van der Waals surface area contributed by atoms with Crippen LogP contribution in [0.4, 0.5) is 0 Å². The molecule has 0 saturated carbocycles. The highest BCUT2D eigenvalue weighted by Gasteiger charge is 2.10. The molecule has 5 heteroatoms. The van der Waals surface area contributed by atoms with Gasteiger partial charge in [0.05, 0.1) is 10.2 Å². The van der Waals surface area contributed by atoms with Gasteiger partial charge in [-0.3, -0.25) is 0 Å². The fraction of sp³-hybridized carbons (Fsp3) is 0.438. The van der Waals surface area contributed by atoms with Crippen LogP contribution in [0.3, 0.4) is 0 Å². The van der Waals surface area contributed by atoms with Gasteiger partial charge in [-0.1, -0.05) is 31.1 Å². The van der Waals surface area contributed by atoms with Crippen molar-refractivity contribution in [3.05, 3.63) is 45.8 Å². The molecule has 21 heavy (non-hydrogen) atoms. The first-order valence-corrected chi connectivity index (χ1v) is 7.88. The molecule has 114 valence electrons. The summed E-state index contributed by atoms with van der Waals surface area (Å²) in [7, 11) is 0. The van der Waals surface area contributed by atoms with Crippen LogP contribution in [0.5, 0.6) is 5.75 Å². The second-order valence-electron chi connectivity index (χ2n) is 5.48. The SMILES string of the molecule is Cc1cc(COc2c(Br)cccc2CNCC(C)C)on1. The lowest BCUT2D eigenvalue weighted by molar-refractivity contribution is 0.245. The smallest absolute Gasteiger partial charge is 0.174 e. The lowest BCUT2D eigenvalue weighted by atomic mass is 10.2. The molecule has 0 bridgehead atoms. The van der Waals surface area contributed by atoms with E-state index in [1.54, 1.807) is 0 Å². The zero-order valence-corrected chi connectivity index (χ0v) is 14.2. The van der Waals surface area contributed by atoms with Gasteiger partial charge in [0.1, 0.15) is 12.4 Å². The minimum atomic E-state index is 0.376. The number of aryl methyl sites for hydroxylation is 1. The molecule has 1 aromatic heterocycles. The van der Waals surface area contributed by atoms with Crippen LogP contribution in [0.1, 0.15) is 30.9 Å². The number of para-hydroxylation sites is 1. The van der Waals surface area contributed by atoms with Crippen LogP contribution in [-0.2, 0) is 13.2 Å². The molecular weight excluding hydrogens is 332 g/mol. The molecule has 0 aliphatic carbocycles. The number of ether oxygens (including phenoxy) is 1. The molecule has 0 amide bonds. The Bertz CT molecular complexity index is 581. The molecule has 2 aromatic rings. The van der Waals surface area contributed by atoms with Crippen molar-refractivity contribution >= 4 is 15.9 Å². The number of rotatable bonds is 7. The molecule has 0 atom stereocenters. The predicted molar refractivity (Wildman–Crippen MR) is 86.3 cm³/mol. The van der Waals surface area contributed by atoms with E-state index in [2.05, 4.69) is 46.3 Å². The number of hydrogen-bond acceptors (Lipinski definition) is 4. The standard InChI is InChI=1S/C16H21BrN2O2/c1-11(2)8-18-9-13-5-4-6-15(17)16(13)20-10-14-7-12(3)19-21-14/h4-7,11,18H,8-10H2,1-3H3. The largest absolute Gasteiger partial charge is 0.484 e. The van der Waals surface area contributed by atoms with Crippen LogP contribution < -0.4 is 10.1 Å². The second kappa shape index (κ2) is 7.61. The topological polar surface area (TPSA) is 47.3 Å². The fourth-order valence-electron chi connectivity index (χ4n) is 1.98. The monoisotopic (exact) mass is 352 g/mol. The Balaban J connectivity index is 2.02. The third-order valence-corrected chi connectivity index (χ3v) is 3.58. The first kappa shape index (κ1) is 16.0. The van der Waals surface area contributed by atoms with Crippen molar-refractivity contribution in [1.82, 2.24) is 10.5 Å². The van der Waals surface area contributed by atoms with Crippen molar-refractivity contribution in [1.29, 1.82) is 0 Å². The Morgan fingerprint density at radius 2 is 2.19 bits per heavy atom. The highest BCUT2D eigenvalue weighted by Crippen LogP contribution is 2.30. The maximum absolute atomic E-state index is 5.90. The van der Waals surface area contributed by atoms with Crippen molar-refractivity contribution in [2.45, 2.75) is 33.9 Å². The minimum absolute atomic E-state index is 0.376. The molecule has 0 fully saturated rings. The average molecular weight is 353 g/mol. The number of aromatic nitrogens is 1. The molecule has 2 rings (SSSR count). The molecular formula is C16H21BrN2O2. The van der Waals surface area contributed by atoms with Crippen LogP contribution in [0, 0.1) is 12.8 Å². The quantitative estimate of drug-likeness (QED) is 0.815. The summed E-state index contributed by atoms with van der Waals surface area (Å²) in [5.41, 5.74) is 1.99. The summed E-state index contributed by atoms with van der Waals surface area (Å²) in [4.78, 5) is 0. The maximum atomic E-state index is 5.90. The zero-order chi connectivity index (χ0) is 15.2. The van der Waals surface area contributed by atoms with Crippen molar-refractivity contribution in [3.8, 4) is 5.75 Å². The van der Waals surface area contributed by atoms with Crippen LogP contribution >= 0.6 is 15.9 Å². The lowest BCUT2D eigenvalue weighted by Crippen LogP contribution is -2.19. The van der Waals surface area contributed by atoms with Gasteiger partial charge in [0, 0.05) is 18.2 Å². The van der Waals surface area contributed by atoms with Gasteiger partial charge in [0.2, 0.25) is 0 Å². The van der Waals surface area contributed by atoms with Gasteiger partial charge >= 0.3 is 0 Å². The normalized spacial score (nSPS) is 11.1. The number of benzene rings is 1. The van der Waals surface area contributed by atoms with Crippen molar-refractivity contribution < 1.29 is 9.26 Å². The van der Waals surface area contributed by atoms with Crippen molar-refractivity contribution in [2.24, 2.45) is 5.92 Å². The molecule has 0 radical (unpaired) electrons. The first-order chi connectivity index (χ1) is 10.1. The first-order valence-electron chi connectivity index (χ1n) is 7.09. The van der Waals surface area contributed by atoms with Gasteiger partial charge in [0.15, 0.2) is 5.76 Å². The molecule has 1 heterocycles. The zero-order valence-electron chi connectivity index (χ0n) is 12.6. The molecule has 0 spiro atoms. The lowest BCUT2D eigenvalue weighted by Gasteiger charge is -2.14. The Morgan fingerprint density at radius 3 is 2.86 bits per heavy atom. The molecule has 0 aliphatic rings. The van der Waals surface area contributed by atoms with E-state index < -0.39 is 0 Å². The van der Waals surface area contributed by atoms with E-state index in [0.29, 0.717) is 12.5 Å². The van der Waals surface area contributed by atoms with Crippen LogP contribution in [0.25, 0.3) is 0 Å². The van der Waals surface area contributed by atoms with E-state index in [1.165, 1.54) is 0 Å². The third kappa shape index (κ3) is 4.86. The van der Waals surface area contributed by atoms with E-state index >= 15 is 0 Å². The van der Waals surface area contributed by atoms with E-state index in [1.807, 2.05) is 25.1 Å². The van der Waals surface area contributed by atoms with Gasteiger partial charge in [-0.15, -0.1) is 0 Å². The number of halogens is 1. The van der Waals surface area contributed by atoms with Crippen LogP contribution in [-0.4, -0.2) is 11.7 Å². The summed E-state index contributed by atoms with van der Waals surface area (Å²) in [5.74, 6) is 2.20. The van der Waals surface area contributed by atoms with Crippen molar-refractivity contribution in [2.75, 3.05) is 6.54 Å². The van der Waals surface area contributed by atoms with E-state index in [0.717, 1.165) is 40.3 Å². The highest BCUT2D eigenvalue weighted by molar-refractivity contribution is 9.10. The summed E-state index contributed by atoms with van der Waals surface area (Å²) < 4.78 is 12.0. The summed E-state index contributed by atoms with van der Waals surface area (Å²) in [6, 6.07) is 7.95. The second-order valence-corrected chi connectivity index (χ2v) is 6.33. The van der Waals surface area contributed by atoms with E-state index in [9.17, 15) is 0 Å². The molecule has 0 unspecified atom stereocenters. The summed E-state index contributed by atoms with van der Waals surface area (Å²) in [6.07, 6.45) is 0. The summed E-state index contributed by atoms with van der Waals surface area (Å²) in [6.45, 7) is 8.41. The van der Waals surface area contributed by atoms with Gasteiger partial charge < -0.3 is 14.6 Å². The number of hydrogen-bond donors (Lipinski definition) is 1. The van der Waals surface area contributed by atoms with Gasteiger partial charge in [-0.25, -0.2) is 0 Å². The summed E-state index contributed by atoms with van der Waals surface area (Å²) in [5, 5.41) is 7.30.